The van der Waals surface area contributed by atoms with E-state index in [1.54, 1.807) is 19.1 Å². The lowest BCUT2D eigenvalue weighted by molar-refractivity contribution is -0.384. The minimum atomic E-state index is -0.855. The van der Waals surface area contributed by atoms with Crippen LogP contribution in [0, 0.1) is 10.1 Å². The summed E-state index contributed by atoms with van der Waals surface area (Å²) >= 11 is 1.28. The van der Waals surface area contributed by atoms with Crippen LogP contribution < -0.4 is 0 Å². The molecule has 1 unspecified atom stereocenters. The fourth-order valence-corrected chi connectivity index (χ4v) is 1.78. The lowest BCUT2D eigenvalue weighted by Gasteiger charge is -2.05. The molecule has 1 atom stereocenters. The first-order valence-electron chi connectivity index (χ1n) is 4.58. The smallest absolute Gasteiger partial charge is 0.316 e. The third-order valence-electron chi connectivity index (χ3n) is 1.99. The third-order valence-corrected chi connectivity index (χ3v) is 3.20. The number of carbonyl (C=O) groups is 1. The maximum absolute atomic E-state index is 10.6. The van der Waals surface area contributed by atoms with Crippen molar-refractivity contribution in [3.8, 4) is 0 Å². The van der Waals surface area contributed by atoms with Gasteiger partial charge in [0.15, 0.2) is 0 Å². The average molecular weight is 241 g/mol. The molecule has 5 nitrogen and oxygen atoms in total. The van der Waals surface area contributed by atoms with Crippen molar-refractivity contribution in [3.05, 3.63) is 39.9 Å². The van der Waals surface area contributed by atoms with E-state index in [0.29, 0.717) is 5.75 Å². The summed E-state index contributed by atoms with van der Waals surface area (Å²) in [5.41, 5.74) is 0.920. The minimum Gasteiger partial charge on any atom is -0.480 e. The van der Waals surface area contributed by atoms with E-state index < -0.39 is 16.1 Å². The Hall–Kier alpha value is -1.56. The highest BCUT2D eigenvalue weighted by Gasteiger charge is 2.11. The van der Waals surface area contributed by atoms with E-state index in [4.69, 9.17) is 5.11 Å². The van der Waals surface area contributed by atoms with Crippen LogP contribution in [-0.2, 0) is 10.5 Å². The zero-order chi connectivity index (χ0) is 12.1. The van der Waals surface area contributed by atoms with E-state index in [9.17, 15) is 14.9 Å². The van der Waals surface area contributed by atoms with Gasteiger partial charge < -0.3 is 5.11 Å². The number of nitro benzene ring substituents is 1. The predicted molar refractivity (Wildman–Crippen MR) is 61.5 cm³/mol. The van der Waals surface area contributed by atoms with E-state index in [1.807, 2.05) is 0 Å². The lowest BCUT2D eigenvalue weighted by Crippen LogP contribution is -2.11. The molecule has 1 aromatic rings. The molecule has 0 saturated carbocycles. The number of rotatable bonds is 5. The molecule has 0 aliphatic carbocycles. The van der Waals surface area contributed by atoms with Crippen LogP contribution in [-0.4, -0.2) is 21.2 Å². The van der Waals surface area contributed by atoms with Gasteiger partial charge in [-0.05, 0) is 12.5 Å². The van der Waals surface area contributed by atoms with Gasteiger partial charge in [-0.25, -0.2) is 0 Å². The lowest BCUT2D eigenvalue weighted by atomic mass is 10.2. The first-order valence-corrected chi connectivity index (χ1v) is 5.63. The Morgan fingerprint density at radius 2 is 2.06 bits per heavy atom. The Kier molecular flexibility index (Phi) is 4.30. The van der Waals surface area contributed by atoms with Gasteiger partial charge in [0, 0.05) is 17.9 Å². The van der Waals surface area contributed by atoms with Gasteiger partial charge in [0.25, 0.3) is 5.69 Å². The number of non-ortho nitro benzene ring substituents is 1. The summed E-state index contributed by atoms with van der Waals surface area (Å²) in [6, 6.07) is 6.11. The van der Waals surface area contributed by atoms with Crippen molar-refractivity contribution in [2.24, 2.45) is 0 Å². The summed E-state index contributed by atoms with van der Waals surface area (Å²) in [6.45, 7) is 1.61. The number of hydrogen-bond acceptors (Lipinski definition) is 4. The second-order valence-electron chi connectivity index (χ2n) is 3.22. The third kappa shape index (κ3) is 3.54. The van der Waals surface area contributed by atoms with E-state index in [-0.39, 0.29) is 5.69 Å². The molecule has 0 fully saturated rings. The first-order chi connectivity index (χ1) is 7.50. The normalized spacial score (nSPS) is 12.1. The molecule has 6 heteroatoms. The predicted octanol–water partition coefficient (Wildman–Crippen LogP) is 2.30. The Morgan fingerprint density at radius 3 is 2.50 bits per heavy atom. The summed E-state index contributed by atoms with van der Waals surface area (Å²) < 4.78 is 0. The summed E-state index contributed by atoms with van der Waals surface area (Å²) in [4.78, 5) is 20.5. The number of carboxylic acids is 1. The van der Waals surface area contributed by atoms with Gasteiger partial charge in [0.05, 0.1) is 10.2 Å². The molecule has 0 aromatic heterocycles. The SMILES string of the molecule is CC(SCc1ccc([N+](=O)[O-])cc1)C(=O)O. The monoisotopic (exact) mass is 241 g/mol. The van der Waals surface area contributed by atoms with E-state index in [2.05, 4.69) is 0 Å². The van der Waals surface area contributed by atoms with Gasteiger partial charge in [-0.2, -0.15) is 0 Å². The zero-order valence-electron chi connectivity index (χ0n) is 8.62. The molecule has 16 heavy (non-hydrogen) atoms. The number of thioether (sulfide) groups is 1. The highest BCUT2D eigenvalue weighted by atomic mass is 32.2. The van der Waals surface area contributed by atoms with Crippen molar-refractivity contribution < 1.29 is 14.8 Å². The summed E-state index contributed by atoms with van der Waals surface area (Å²) in [5, 5.41) is 18.6. The van der Waals surface area contributed by atoms with Crippen molar-refractivity contribution in [1.82, 2.24) is 0 Å². The van der Waals surface area contributed by atoms with Crippen LogP contribution in [0.15, 0.2) is 24.3 Å². The standard InChI is InChI=1S/C10H11NO4S/c1-7(10(12)13)16-6-8-2-4-9(5-3-8)11(14)15/h2-5,7H,6H2,1H3,(H,12,13). The molecule has 0 amide bonds. The Labute approximate surface area is 96.6 Å². The highest BCUT2D eigenvalue weighted by molar-refractivity contribution is 7.99. The van der Waals surface area contributed by atoms with Crippen LogP contribution in [0.3, 0.4) is 0 Å². The molecule has 1 aromatic carbocycles. The molecule has 1 rings (SSSR count). The molecule has 0 spiro atoms. The quantitative estimate of drug-likeness (QED) is 0.632. The minimum absolute atomic E-state index is 0.0417. The number of aliphatic carboxylic acids is 1. The Morgan fingerprint density at radius 1 is 1.50 bits per heavy atom. The molecular formula is C10H11NO4S. The molecule has 0 aliphatic rings. The maximum atomic E-state index is 10.6. The Bertz CT molecular complexity index is 390. The van der Waals surface area contributed by atoms with Gasteiger partial charge in [-0.15, -0.1) is 11.8 Å². The van der Waals surface area contributed by atoms with Crippen molar-refractivity contribution >= 4 is 23.4 Å². The first kappa shape index (κ1) is 12.5. The topological polar surface area (TPSA) is 80.4 Å². The fraction of sp³-hybridized carbons (Fsp3) is 0.300. The van der Waals surface area contributed by atoms with Gasteiger partial charge >= 0.3 is 5.97 Å². The molecule has 0 bridgehead atoms. The van der Waals surface area contributed by atoms with Crippen LogP contribution >= 0.6 is 11.8 Å². The van der Waals surface area contributed by atoms with Gasteiger partial charge in [-0.1, -0.05) is 12.1 Å². The average Bonchev–Trinajstić information content (AvgIpc) is 2.26. The molecule has 0 radical (unpaired) electrons. The number of hydrogen-bond donors (Lipinski definition) is 1. The van der Waals surface area contributed by atoms with Crippen LogP contribution in [0.4, 0.5) is 5.69 Å². The highest BCUT2D eigenvalue weighted by Crippen LogP contribution is 2.19. The molecule has 0 heterocycles. The van der Waals surface area contributed by atoms with Crippen LogP contribution in [0.2, 0.25) is 0 Å². The molecular weight excluding hydrogens is 230 g/mol. The van der Waals surface area contributed by atoms with Crippen LogP contribution in [0.5, 0.6) is 0 Å². The van der Waals surface area contributed by atoms with Crippen molar-refractivity contribution in [1.29, 1.82) is 0 Å². The molecule has 0 saturated heterocycles. The van der Waals surface area contributed by atoms with Crippen LogP contribution in [0.25, 0.3) is 0 Å². The number of carboxylic acid groups (broad SMARTS) is 1. The molecule has 1 N–H and O–H groups in total. The van der Waals surface area contributed by atoms with Crippen LogP contribution in [0.1, 0.15) is 12.5 Å². The fourth-order valence-electron chi connectivity index (χ4n) is 1.01. The molecule has 0 aliphatic heterocycles. The summed E-state index contributed by atoms with van der Waals surface area (Å²) in [5.74, 6) is -0.322. The van der Waals surface area contributed by atoms with Gasteiger partial charge in [-0.3, -0.25) is 14.9 Å². The molecule has 86 valence electrons. The van der Waals surface area contributed by atoms with Crippen molar-refractivity contribution in [2.75, 3.05) is 0 Å². The number of benzene rings is 1. The maximum Gasteiger partial charge on any atom is 0.316 e. The number of nitro groups is 1. The second-order valence-corrected chi connectivity index (χ2v) is 4.54. The number of nitrogens with zero attached hydrogens (tertiary/aromatic N) is 1. The Balaban J connectivity index is 2.56. The van der Waals surface area contributed by atoms with E-state index in [0.717, 1.165) is 5.56 Å². The van der Waals surface area contributed by atoms with Crippen molar-refractivity contribution in [3.63, 3.8) is 0 Å². The second kappa shape index (κ2) is 5.50. The summed E-state index contributed by atoms with van der Waals surface area (Å²) in [7, 11) is 0. The van der Waals surface area contributed by atoms with E-state index in [1.165, 1.54) is 23.9 Å². The van der Waals surface area contributed by atoms with Gasteiger partial charge in [0.2, 0.25) is 0 Å². The van der Waals surface area contributed by atoms with Crippen molar-refractivity contribution in [2.45, 2.75) is 17.9 Å². The van der Waals surface area contributed by atoms with E-state index >= 15 is 0 Å². The largest absolute Gasteiger partial charge is 0.480 e. The zero-order valence-corrected chi connectivity index (χ0v) is 9.44. The summed E-state index contributed by atoms with van der Waals surface area (Å²) in [6.07, 6.45) is 0. The van der Waals surface area contributed by atoms with Gasteiger partial charge in [0.1, 0.15) is 0 Å².